The van der Waals surface area contributed by atoms with Crippen molar-refractivity contribution in [1.82, 2.24) is 0 Å². The van der Waals surface area contributed by atoms with E-state index in [0.717, 1.165) is 12.3 Å². The van der Waals surface area contributed by atoms with Crippen molar-refractivity contribution in [2.75, 3.05) is 7.11 Å². The molecule has 0 saturated heterocycles. The smallest absolute Gasteiger partial charge is 0.335 e. The Bertz CT molecular complexity index is 632. The number of benzene rings is 1. The van der Waals surface area contributed by atoms with E-state index in [1.54, 1.807) is 18.2 Å². The number of oxime groups is 1. The van der Waals surface area contributed by atoms with Gasteiger partial charge in [0.15, 0.2) is 5.84 Å². The minimum atomic E-state index is -0.327. The highest BCUT2D eigenvalue weighted by Gasteiger charge is 2.40. The second-order valence-corrected chi connectivity index (χ2v) is 6.86. The molecule has 3 rings (SSSR count). The van der Waals surface area contributed by atoms with Crippen molar-refractivity contribution in [3.63, 3.8) is 0 Å². The highest BCUT2D eigenvalue weighted by Crippen LogP contribution is 2.49. The van der Waals surface area contributed by atoms with Crippen LogP contribution >= 0.6 is 11.6 Å². The van der Waals surface area contributed by atoms with Crippen LogP contribution in [0.2, 0.25) is 5.02 Å². The maximum Gasteiger partial charge on any atom is 0.335 e. The minimum Gasteiger partial charge on any atom is -0.496 e. The van der Waals surface area contributed by atoms with E-state index in [9.17, 15) is 4.79 Å². The lowest BCUT2D eigenvalue weighted by Gasteiger charge is -2.19. The van der Waals surface area contributed by atoms with Gasteiger partial charge in [-0.1, -0.05) is 23.2 Å². The number of fused-ring (bicyclic) bond motifs is 2. The van der Waals surface area contributed by atoms with Crippen molar-refractivity contribution in [2.24, 2.45) is 28.6 Å². The number of nitrogens with two attached hydrogens (primary N) is 1. The largest absolute Gasteiger partial charge is 0.496 e. The first-order chi connectivity index (χ1) is 11.1. The quantitative estimate of drug-likeness (QED) is 0.387. The molecular formula is C17H21ClN2O3. The number of halogens is 1. The van der Waals surface area contributed by atoms with Crippen molar-refractivity contribution in [3.8, 4) is 5.75 Å². The summed E-state index contributed by atoms with van der Waals surface area (Å²) < 4.78 is 5.21. The first-order valence-electron chi connectivity index (χ1n) is 7.94. The normalized spacial score (nSPS) is 26.3. The average Bonchev–Trinajstić information content (AvgIpc) is 3.15. The molecule has 0 amide bonds. The van der Waals surface area contributed by atoms with E-state index >= 15 is 0 Å². The van der Waals surface area contributed by atoms with Gasteiger partial charge >= 0.3 is 5.97 Å². The number of nitrogens with zero attached hydrogens (tertiary/aromatic N) is 1. The third kappa shape index (κ3) is 3.61. The molecule has 1 aromatic rings. The molecule has 1 aromatic carbocycles. The van der Waals surface area contributed by atoms with Crippen molar-refractivity contribution in [1.29, 1.82) is 0 Å². The molecule has 2 aliphatic rings. The number of carbonyl (C=O) groups is 1. The van der Waals surface area contributed by atoms with Crippen LogP contribution in [0, 0.1) is 17.8 Å². The molecule has 124 valence electrons. The molecule has 2 bridgehead atoms. The van der Waals surface area contributed by atoms with Gasteiger partial charge < -0.3 is 15.3 Å². The summed E-state index contributed by atoms with van der Waals surface area (Å²) in [5.74, 6) is 2.21. The zero-order valence-corrected chi connectivity index (χ0v) is 13.9. The van der Waals surface area contributed by atoms with Crippen molar-refractivity contribution < 1.29 is 14.4 Å². The van der Waals surface area contributed by atoms with Crippen molar-refractivity contribution >= 4 is 23.4 Å². The number of carbonyl (C=O) groups excluding carboxylic acids is 1. The molecule has 2 fully saturated rings. The van der Waals surface area contributed by atoms with Gasteiger partial charge in [0.25, 0.3) is 0 Å². The first kappa shape index (κ1) is 16.1. The molecule has 0 heterocycles. The second kappa shape index (κ2) is 6.79. The summed E-state index contributed by atoms with van der Waals surface area (Å²) in [6.07, 6.45) is 5.39. The zero-order valence-electron chi connectivity index (χ0n) is 13.1. The number of hydrogen-bond donors (Lipinski definition) is 1. The Hall–Kier alpha value is -1.75. The van der Waals surface area contributed by atoms with E-state index in [1.165, 1.54) is 26.4 Å². The van der Waals surface area contributed by atoms with Crippen LogP contribution in [0.25, 0.3) is 0 Å². The summed E-state index contributed by atoms with van der Waals surface area (Å²) in [5.41, 5.74) is 6.40. The van der Waals surface area contributed by atoms with Crippen LogP contribution in [0.4, 0.5) is 0 Å². The molecule has 23 heavy (non-hydrogen) atoms. The van der Waals surface area contributed by atoms with E-state index in [0.29, 0.717) is 34.6 Å². The van der Waals surface area contributed by atoms with Gasteiger partial charge in [0.05, 0.1) is 19.1 Å². The molecule has 0 aliphatic heterocycles. The number of hydrogen-bond acceptors (Lipinski definition) is 4. The zero-order chi connectivity index (χ0) is 16.4. The minimum absolute atomic E-state index is 0.0747. The van der Waals surface area contributed by atoms with Gasteiger partial charge in [-0.15, -0.1) is 0 Å². The van der Waals surface area contributed by atoms with E-state index < -0.39 is 0 Å². The van der Waals surface area contributed by atoms with Gasteiger partial charge in [-0.05, 0) is 55.2 Å². The maximum absolute atomic E-state index is 12.0. The standard InChI is InChI=1S/C17H21ClN2O3/c1-22-15-5-4-13(18)9-14(15)17(19)20-23-16(21)8-12-7-10-2-3-11(12)6-10/h4-5,9-12H,2-3,6-8H2,1H3,(H2,19,20)/t10-,11+,12+/m0/s1. The summed E-state index contributed by atoms with van der Waals surface area (Å²) in [7, 11) is 1.53. The monoisotopic (exact) mass is 336 g/mol. The number of methoxy groups -OCH3 is 1. The summed E-state index contributed by atoms with van der Waals surface area (Å²) in [5, 5.41) is 4.26. The highest BCUT2D eigenvalue weighted by molar-refractivity contribution is 6.31. The topological polar surface area (TPSA) is 73.9 Å². The van der Waals surface area contributed by atoms with E-state index in [-0.39, 0.29) is 11.8 Å². The molecule has 0 aromatic heterocycles. The van der Waals surface area contributed by atoms with Crippen LogP contribution in [0.5, 0.6) is 5.75 Å². The lowest BCUT2D eigenvalue weighted by molar-refractivity contribution is -0.145. The Morgan fingerprint density at radius 1 is 1.39 bits per heavy atom. The fourth-order valence-electron chi connectivity index (χ4n) is 3.91. The Labute approximate surface area is 140 Å². The van der Waals surface area contributed by atoms with Gasteiger partial charge in [-0.3, -0.25) is 0 Å². The van der Waals surface area contributed by atoms with Crippen molar-refractivity contribution in [3.05, 3.63) is 28.8 Å². The summed E-state index contributed by atoms with van der Waals surface area (Å²) in [4.78, 5) is 17.0. The molecule has 2 N–H and O–H groups in total. The number of amidine groups is 1. The molecule has 2 saturated carbocycles. The lowest BCUT2D eigenvalue weighted by atomic mass is 9.86. The Balaban J connectivity index is 1.60. The molecule has 0 spiro atoms. The Kier molecular flexibility index (Phi) is 4.76. The summed E-state index contributed by atoms with van der Waals surface area (Å²) >= 11 is 5.96. The SMILES string of the molecule is COc1ccc(Cl)cc1/C(N)=N\OC(=O)C[C@H]1C[C@H]2CC[C@@H]1C2. The van der Waals surface area contributed by atoms with Crippen LogP contribution in [0.3, 0.4) is 0 Å². The predicted molar refractivity (Wildman–Crippen MR) is 88.4 cm³/mol. The molecule has 0 radical (unpaired) electrons. The van der Waals surface area contributed by atoms with E-state index in [4.69, 9.17) is 26.9 Å². The van der Waals surface area contributed by atoms with Crippen molar-refractivity contribution in [2.45, 2.75) is 32.1 Å². The summed E-state index contributed by atoms with van der Waals surface area (Å²) in [6.45, 7) is 0. The van der Waals surface area contributed by atoms with Crippen LogP contribution < -0.4 is 10.5 Å². The Morgan fingerprint density at radius 3 is 2.87 bits per heavy atom. The second-order valence-electron chi connectivity index (χ2n) is 6.42. The van der Waals surface area contributed by atoms with E-state index in [2.05, 4.69) is 5.16 Å². The average molecular weight is 337 g/mol. The molecule has 5 nitrogen and oxygen atoms in total. The fraction of sp³-hybridized carbons (Fsp3) is 0.529. The third-order valence-electron chi connectivity index (χ3n) is 5.00. The lowest BCUT2D eigenvalue weighted by Crippen LogP contribution is -2.19. The van der Waals surface area contributed by atoms with Crippen LogP contribution in [0.15, 0.2) is 23.4 Å². The Morgan fingerprint density at radius 2 is 2.22 bits per heavy atom. The van der Waals surface area contributed by atoms with Gasteiger partial charge in [0, 0.05) is 5.02 Å². The number of ether oxygens (including phenoxy) is 1. The van der Waals surface area contributed by atoms with Gasteiger partial charge in [0.2, 0.25) is 0 Å². The van der Waals surface area contributed by atoms with Gasteiger partial charge in [0.1, 0.15) is 5.75 Å². The molecule has 0 unspecified atom stereocenters. The first-order valence-corrected chi connectivity index (χ1v) is 8.32. The molecule has 3 atom stereocenters. The molecule has 2 aliphatic carbocycles. The van der Waals surface area contributed by atoms with E-state index in [1.807, 2.05) is 0 Å². The predicted octanol–water partition coefficient (Wildman–Crippen LogP) is 3.34. The van der Waals surface area contributed by atoms with Crippen LogP contribution in [0.1, 0.15) is 37.7 Å². The molecular weight excluding hydrogens is 316 g/mol. The summed E-state index contributed by atoms with van der Waals surface area (Å²) in [6, 6.07) is 5.01. The van der Waals surface area contributed by atoms with Gasteiger partial charge in [-0.25, -0.2) is 4.79 Å². The third-order valence-corrected chi connectivity index (χ3v) is 5.23. The fourth-order valence-corrected chi connectivity index (χ4v) is 4.08. The number of rotatable bonds is 5. The van der Waals surface area contributed by atoms with Crippen LogP contribution in [-0.2, 0) is 9.63 Å². The maximum atomic E-state index is 12.0. The van der Waals surface area contributed by atoms with Gasteiger partial charge in [-0.2, -0.15) is 0 Å². The van der Waals surface area contributed by atoms with Crippen LogP contribution in [-0.4, -0.2) is 18.9 Å². The molecule has 6 heteroatoms. The highest BCUT2D eigenvalue weighted by atomic mass is 35.5.